The van der Waals surface area contributed by atoms with Crippen molar-refractivity contribution in [2.24, 2.45) is 0 Å². The fourth-order valence-electron chi connectivity index (χ4n) is 4.56. The molecule has 1 aliphatic carbocycles. The number of rotatable bonds is 4. The molecule has 0 atom stereocenters. The van der Waals surface area contributed by atoms with E-state index >= 15 is 0 Å². The van der Waals surface area contributed by atoms with Crippen molar-refractivity contribution in [3.63, 3.8) is 0 Å². The van der Waals surface area contributed by atoms with Gasteiger partial charge in [-0.05, 0) is 43.9 Å². The lowest BCUT2D eigenvalue weighted by molar-refractivity contribution is 0.274. The highest BCUT2D eigenvalue weighted by molar-refractivity contribution is 5.81. The van der Waals surface area contributed by atoms with Crippen LogP contribution in [0.15, 0.2) is 35.6 Å². The van der Waals surface area contributed by atoms with Crippen molar-refractivity contribution >= 4 is 22.4 Å². The highest BCUT2D eigenvalue weighted by Crippen LogP contribution is 2.28. The van der Waals surface area contributed by atoms with E-state index in [4.69, 9.17) is 5.11 Å². The zero-order valence-electron chi connectivity index (χ0n) is 17.0. The highest BCUT2D eigenvalue weighted by atomic mass is 16.3. The summed E-state index contributed by atoms with van der Waals surface area (Å²) in [4.78, 5) is 30.8. The third kappa shape index (κ3) is 3.41. The number of anilines is 2. The molecule has 0 radical (unpaired) electrons. The Morgan fingerprint density at radius 3 is 2.60 bits per heavy atom. The Morgan fingerprint density at radius 1 is 0.967 bits per heavy atom. The first-order valence-electron chi connectivity index (χ1n) is 10.7. The number of nitrogens with zero attached hydrogens (tertiary/aromatic N) is 6. The Kier molecular flexibility index (Phi) is 5.08. The molecule has 1 fully saturated rings. The summed E-state index contributed by atoms with van der Waals surface area (Å²) in [5.41, 5.74) is 4.23. The molecule has 2 aromatic heterocycles. The van der Waals surface area contributed by atoms with Crippen molar-refractivity contribution in [3.05, 3.63) is 52.5 Å². The van der Waals surface area contributed by atoms with E-state index in [2.05, 4.69) is 24.8 Å². The smallest absolute Gasteiger partial charge is 0.261 e. The van der Waals surface area contributed by atoms with Crippen LogP contribution in [0.2, 0.25) is 0 Å². The predicted molar refractivity (Wildman–Crippen MR) is 116 cm³/mol. The number of benzene rings is 1. The molecule has 3 aromatic rings. The SMILES string of the molecule is O=c1c2ccc(N3CCN(c4ncnc5c4CCCC5)CC3)cc2ncn1CCO. The van der Waals surface area contributed by atoms with E-state index in [1.54, 1.807) is 6.33 Å². The molecule has 1 aliphatic heterocycles. The van der Waals surface area contributed by atoms with Crippen LogP contribution in [0.25, 0.3) is 10.9 Å². The summed E-state index contributed by atoms with van der Waals surface area (Å²) in [6.45, 7) is 3.79. The zero-order valence-corrected chi connectivity index (χ0v) is 17.0. The molecule has 156 valence electrons. The van der Waals surface area contributed by atoms with Crippen LogP contribution in [0.3, 0.4) is 0 Å². The van der Waals surface area contributed by atoms with Crippen molar-refractivity contribution in [2.45, 2.75) is 32.2 Å². The number of hydrogen-bond donors (Lipinski definition) is 1. The minimum Gasteiger partial charge on any atom is -0.395 e. The molecule has 2 aliphatic rings. The molecule has 5 rings (SSSR count). The molecular formula is C22H26N6O2. The van der Waals surface area contributed by atoms with E-state index in [-0.39, 0.29) is 18.7 Å². The molecule has 0 amide bonds. The van der Waals surface area contributed by atoms with Gasteiger partial charge in [-0.15, -0.1) is 0 Å². The summed E-state index contributed by atoms with van der Waals surface area (Å²) in [5.74, 6) is 1.11. The molecule has 0 spiro atoms. The molecule has 0 saturated carbocycles. The maximum absolute atomic E-state index is 12.5. The molecule has 1 aromatic carbocycles. The molecule has 30 heavy (non-hydrogen) atoms. The third-order valence-corrected chi connectivity index (χ3v) is 6.20. The second-order valence-electron chi connectivity index (χ2n) is 7.97. The molecule has 3 heterocycles. The lowest BCUT2D eigenvalue weighted by atomic mass is 9.96. The molecule has 1 N–H and O–H groups in total. The summed E-state index contributed by atoms with van der Waals surface area (Å²) in [5, 5.41) is 9.68. The van der Waals surface area contributed by atoms with Gasteiger partial charge in [0, 0.05) is 43.1 Å². The Balaban J connectivity index is 1.34. The number of aliphatic hydroxyl groups excluding tert-OH is 1. The normalized spacial score (nSPS) is 16.7. The minimum atomic E-state index is -0.112. The Bertz CT molecular complexity index is 1120. The molecule has 8 nitrogen and oxygen atoms in total. The van der Waals surface area contributed by atoms with Crippen molar-refractivity contribution in [1.29, 1.82) is 0 Å². The van der Waals surface area contributed by atoms with E-state index in [9.17, 15) is 4.79 Å². The second kappa shape index (κ2) is 8.02. The first-order chi connectivity index (χ1) is 14.7. The monoisotopic (exact) mass is 406 g/mol. The van der Waals surface area contributed by atoms with Crippen LogP contribution >= 0.6 is 0 Å². The average molecular weight is 406 g/mol. The van der Waals surface area contributed by atoms with Gasteiger partial charge in [-0.25, -0.2) is 15.0 Å². The lowest BCUT2D eigenvalue weighted by Gasteiger charge is -2.38. The summed E-state index contributed by atoms with van der Waals surface area (Å²) in [7, 11) is 0. The van der Waals surface area contributed by atoms with Gasteiger partial charge >= 0.3 is 0 Å². The molecule has 0 bridgehead atoms. The average Bonchev–Trinajstić information content (AvgIpc) is 2.80. The van der Waals surface area contributed by atoms with E-state index in [1.807, 2.05) is 18.2 Å². The van der Waals surface area contributed by atoms with Crippen molar-refractivity contribution < 1.29 is 5.11 Å². The number of aryl methyl sites for hydroxylation is 1. The molecule has 1 saturated heterocycles. The van der Waals surface area contributed by atoms with Gasteiger partial charge < -0.3 is 14.9 Å². The summed E-state index contributed by atoms with van der Waals surface area (Å²) >= 11 is 0. The van der Waals surface area contributed by atoms with Gasteiger partial charge in [0.05, 0.1) is 30.4 Å². The number of aliphatic hydroxyl groups is 1. The quantitative estimate of drug-likeness (QED) is 0.700. The largest absolute Gasteiger partial charge is 0.395 e. The van der Waals surface area contributed by atoms with E-state index < -0.39 is 0 Å². The van der Waals surface area contributed by atoms with Gasteiger partial charge in [0.2, 0.25) is 0 Å². The minimum absolute atomic E-state index is 0.0784. The maximum Gasteiger partial charge on any atom is 0.261 e. The van der Waals surface area contributed by atoms with Gasteiger partial charge in [-0.3, -0.25) is 9.36 Å². The van der Waals surface area contributed by atoms with Gasteiger partial charge in [0.25, 0.3) is 5.56 Å². The molecule has 0 unspecified atom stereocenters. The van der Waals surface area contributed by atoms with Crippen molar-refractivity contribution in [2.75, 3.05) is 42.6 Å². The Morgan fingerprint density at radius 2 is 1.77 bits per heavy atom. The fraction of sp³-hybridized carbons (Fsp3) is 0.455. The van der Waals surface area contributed by atoms with Crippen LogP contribution in [-0.2, 0) is 19.4 Å². The third-order valence-electron chi connectivity index (χ3n) is 6.20. The van der Waals surface area contributed by atoms with Crippen molar-refractivity contribution in [3.8, 4) is 0 Å². The van der Waals surface area contributed by atoms with Gasteiger partial charge in [0.15, 0.2) is 0 Å². The number of piperazine rings is 1. The Labute approximate surface area is 174 Å². The summed E-state index contributed by atoms with van der Waals surface area (Å²) in [6, 6.07) is 5.83. The van der Waals surface area contributed by atoms with Crippen LogP contribution in [0.1, 0.15) is 24.1 Å². The standard InChI is InChI=1S/C22H26N6O2/c29-12-11-28-15-25-20-13-16(5-6-18(20)22(28)30)26-7-9-27(10-8-26)21-17-3-1-2-4-19(17)23-14-24-21/h5-6,13-15,29H,1-4,7-12H2. The van der Waals surface area contributed by atoms with E-state index in [0.29, 0.717) is 10.9 Å². The first kappa shape index (κ1) is 19.0. The lowest BCUT2D eigenvalue weighted by Crippen LogP contribution is -2.47. The highest BCUT2D eigenvalue weighted by Gasteiger charge is 2.24. The molecule has 8 heteroatoms. The first-order valence-corrected chi connectivity index (χ1v) is 10.7. The van der Waals surface area contributed by atoms with Crippen LogP contribution in [0.4, 0.5) is 11.5 Å². The Hall–Kier alpha value is -3.00. The van der Waals surface area contributed by atoms with Crippen LogP contribution in [0, 0.1) is 0 Å². The van der Waals surface area contributed by atoms with E-state index in [0.717, 1.165) is 50.5 Å². The zero-order chi connectivity index (χ0) is 20.5. The molecular weight excluding hydrogens is 380 g/mol. The van der Waals surface area contributed by atoms with Gasteiger partial charge in [-0.2, -0.15) is 0 Å². The van der Waals surface area contributed by atoms with E-state index in [1.165, 1.54) is 35.0 Å². The fourth-order valence-corrected chi connectivity index (χ4v) is 4.56. The number of hydrogen-bond acceptors (Lipinski definition) is 7. The second-order valence-corrected chi connectivity index (χ2v) is 7.97. The maximum atomic E-state index is 12.5. The number of aromatic nitrogens is 4. The van der Waals surface area contributed by atoms with Crippen molar-refractivity contribution in [1.82, 2.24) is 19.5 Å². The number of fused-ring (bicyclic) bond motifs is 2. The summed E-state index contributed by atoms with van der Waals surface area (Å²) < 4.78 is 1.45. The topological polar surface area (TPSA) is 87.4 Å². The van der Waals surface area contributed by atoms with Gasteiger partial charge in [-0.1, -0.05) is 0 Å². The van der Waals surface area contributed by atoms with Crippen LogP contribution in [0.5, 0.6) is 0 Å². The summed E-state index contributed by atoms with van der Waals surface area (Å²) in [6.07, 6.45) is 7.81. The van der Waals surface area contributed by atoms with Crippen LogP contribution < -0.4 is 15.4 Å². The predicted octanol–water partition coefficient (Wildman–Crippen LogP) is 1.38. The van der Waals surface area contributed by atoms with Gasteiger partial charge in [0.1, 0.15) is 12.1 Å². The van der Waals surface area contributed by atoms with Crippen LogP contribution in [-0.4, -0.2) is 57.4 Å².